The summed E-state index contributed by atoms with van der Waals surface area (Å²) in [4.78, 5) is 33.6. The molecule has 1 heterocycles. The van der Waals surface area contributed by atoms with Crippen LogP contribution in [0, 0.1) is 38.5 Å². The fourth-order valence-electron chi connectivity index (χ4n) is 3.67. The van der Waals surface area contributed by atoms with E-state index in [1.54, 1.807) is 0 Å². The van der Waals surface area contributed by atoms with E-state index in [2.05, 4.69) is 10.2 Å². The molecule has 12 nitrogen and oxygen atoms in total. The first kappa shape index (κ1) is 21.6. The molecule has 31 heavy (non-hydrogen) atoms. The summed E-state index contributed by atoms with van der Waals surface area (Å²) < 4.78 is 1.14. The van der Waals surface area contributed by atoms with Gasteiger partial charge < -0.3 is 5.11 Å². The van der Waals surface area contributed by atoms with Gasteiger partial charge in [0.15, 0.2) is 11.4 Å². The molecule has 1 N–H and O–H groups in total. The van der Waals surface area contributed by atoms with Crippen LogP contribution in [0.4, 0.5) is 22.7 Å². The predicted octanol–water partition coefficient (Wildman–Crippen LogP) is 4.47. The Hall–Kier alpha value is -4.14. The smallest absolute Gasteiger partial charge is 0.303 e. The first-order valence-electron chi connectivity index (χ1n) is 9.49. The number of nitrogens with zero attached hydrogens (tertiary/aromatic N) is 6. The molecule has 1 saturated carbocycles. The van der Waals surface area contributed by atoms with Gasteiger partial charge in [-0.05, 0) is 25.8 Å². The van der Waals surface area contributed by atoms with E-state index < -0.39 is 32.7 Å². The molecule has 1 aromatic carbocycles. The van der Waals surface area contributed by atoms with Crippen LogP contribution in [0.15, 0.2) is 33.2 Å². The summed E-state index contributed by atoms with van der Waals surface area (Å²) in [6.07, 6.45) is 4.08. The highest BCUT2D eigenvalue weighted by Gasteiger charge is 2.26. The van der Waals surface area contributed by atoms with Gasteiger partial charge in [-0.1, -0.05) is 19.3 Å². The maximum absolute atomic E-state index is 13.1. The molecule has 0 unspecified atom stereocenters. The lowest BCUT2D eigenvalue weighted by Crippen LogP contribution is -2.27. The van der Waals surface area contributed by atoms with Gasteiger partial charge >= 0.3 is 5.69 Å². The molecule has 0 atom stereocenters. The number of aromatic nitrogens is 1. The molecular weight excluding hydrogens is 408 g/mol. The van der Waals surface area contributed by atoms with Crippen LogP contribution < -0.4 is 5.56 Å². The van der Waals surface area contributed by atoms with E-state index in [9.17, 15) is 35.4 Å². The standard InChI is InChI=1S/C19H18N6O6/c1-11-14(10-20)18(26)23(12-5-3-2-4-6-12)19(27)17(11)22-21-15-8-7-13(24(28)29)9-16(15)25(30)31/h7-9,12,26H,2-6H2,1H3. The highest BCUT2D eigenvalue weighted by molar-refractivity contribution is 5.62. The minimum atomic E-state index is -0.841. The van der Waals surface area contributed by atoms with E-state index in [1.165, 1.54) is 6.92 Å². The van der Waals surface area contributed by atoms with Gasteiger partial charge in [0, 0.05) is 17.7 Å². The van der Waals surface area contributed by atoms with E-state index in [-0.39, 0.29) is 28.5 Å². The number of benzene rings is 1. The van der Waals surface area contributed by atoms with Crippen molar-refractivity contribution in [1.82, 2.24) is 4.57 Å². The van der Waals surface area contributed by atoms with Crippen molar-refractivity contribution in [1.29, 1.82) is 5.26 Å². The molecule has 0 amide bonds. The van der Waals surface area contributed by atoms with Crippen molar-refractivity contribution < 1.29 is 15.0 Å². The van der Waals surface area contributed by atoms with Crippen LogP contribution >= 0.6 is 0 Å². The van der Waals surface area contributed by atoms with Crippen LogP contribution in [0.1, 0.15) is 49.3 Å². The Bertz CT molecular complexity index is 1190. The van der Waals surface area contributed by atoms with Crippen molar-refractivity contribution in [3.05, 3.63) is 59.9 Å². The number of hydrogen-bond donors (Lipinski definition) is 1. The lowest BCUT2D eigenvalue weighted by Gasteiger charge is -2.25. The number of aromatic hydroxyl groups is 1. The van der Waals surface area contributed by atoms with Gasteiger partial charge in [0.25, 0.3) is 11.2 Å². The summed E-state index contributed by atoms with van der Waals surface area (Å²) in [5.74, 6) is -0.433. The van der Waals surface area contributed by atoms with Gasteiger partial charge in [0.2, 0.25) is 5.88 Å². The number of nitriles is 1. The second kappa shape index (κ2) is 8.70. The van der Waals surface area contributed by atoms with Gasteiger partial charge in [-0.3, -0.25) is 29.6 Å². The zero-order valence-corrected chi connectivity index (χ0v) is 16.5. The van der Waals surface area contributed by atoms with Crippen molar-refractivity contribution in [2.45, 2.75) is 45.1 Å². The number of rotatable bonds is 5. The summed E-state index contributed by atoms with van der Waals surface area (Å²) in [7, 11) is 0. The van der Waals surface area contributed by atoms with Crippen molar-refractivity contribution in [2.24, 2.45) is 10.2 Å². The van der Waals surface area contributed by atoms with Crippen LogP contribution in [0.2, 0.25) is 0 Å². The molecule has 2 aromatic rings. The Kier molecular flexibility index (Phi) is 6.05. The van der Waals surface area contributed by atoms with E-state index in [1.807, 2.05) is 6.07 Å². The maximum atomic E-state index is 13.1. The highest BCUT2D eigenvalue weighted by Crippen LogP contribution is 2.36. The second-order valence-electron chi connectivity index (χ2n) is 7.14. The highest BCUT2D eigenvalue weighted by atomic mass is 16.6. The summed E-state index contributed by atoms with van der Waals surface area (Å²) in [6, 6.07) is 4.41. The number of non-ortho nitro benzene ring substituents is 1. The Morgan fingerprint density at radius 1 is 1.16 bits per heavy atom. The van der Waals surface area contributed by atoms with E-state index >= 15 is 0 Å². The number of nitro benzene ring substituents is 2. The fourth-order valence-corrected chi connectivity index (χ4v) is 3.67. The van der Waals surface area contributed by atoms with Gasteiger partial charge in [-0.25, -0.2) is 0 Å². The monoisotopic (exact) mass is 426 g/mol. The molecular formula is C19H18N6O6. The van der Waals surface area contributed by atoms with Gasteiger partial charge in [0.1, 0.15) is 11.6 Å². The van der Waals surface area contributed by atoms with Gasteiger partial charge in [0.05, 0.1) is 15.9 Å². The minimum Gasteiger partial charge on any atom is -0.493 e. The molecule has 0 spiro atoms. The third-order valence-electron chi connectivity index (χ3n) is 5.28. The molecule has 1 fully saturated rings. The summed E-state index contributed by atoms with van der Waals surface area (Å²) in [5, 5.41) is 49.8. The summed E-state index contributed by atoms with van der Waals surface area (Å²) >= 11 is 0. The third kappa shape index (κ3) is 4.11. The minimum absolute atomic E-state index is 0.0883. The molecule has 0 bridgehead atoms. The van der Waals surface area contributed by atoms with Crippen molar-refractivity contribution in [3.63, 3.8) is 0 Å². The van der Waals surface area contributed by atoms with Crippen LogP contribution in [-0.4, -0.2) is 19.5 Å². The van der Waals surface area contributed by atoms with Crippen LogP contribution in [-0.2, 0) is 0 Å². The first-order chi connectivity index (χ1) is 14.8. The predicted molar refractivity (Wildman–Crippen MR) is 108 cm³/mol. The van der Waals surface area contributed by atoms with Crippen LogP contribution in [0.3, 0.4) is 0 Å². The van der Waals surface area contributed by atoms with Crippen molar-refractivity contribution in [3.8, 4) is 11.9 Å². The molecule has 3 rings (SSSR count). The molecule has 0 saturated heterocycles. The number of pyridine rings is 1. The average molecular weight is 426 g/mol. The normalized spacial score (nSPS) is 14.5. The molecule has 160 valence electrons. The van der Waals surface area contributed by atoms with Crippen LogP contribution in [0.5, 0.6) is 5.88 Å². The fraction of sp³-hybridized carbons (Fsp3) is 0.368. The Morgan fingerprint density at radius 2 is 1.84 bits per heavy atom. The van der Waals surface area contributed by atoms with E-state index in [4.69, 9.17) is 0 Å². The van der Waals surface area contributed by atoms with Crippen LogP contribution in [0.25, 0.3) is 0 Å². The number of nitro groups is 2. The van der Waals surface area contributed by atoms with E-state index in [0.29, 0.717) is 12.8 Å². The molecule has 1 aliphatic rings. The van der Waals surface area contributed by atoms with Gasteiger partial charge in [-0.15, -0.1) is 10.2 Å². The zero-order chi connectivity index (χ0) is 22.7. The topological polar surface area (TPSA) is 177 Å². The zero-order valence-electron chi connectivity index (χ0n) is 16.5. The third-order valence-corrected chi connectivity index (χ3v) is 5.28. The van der Waals surface area contributed by atoms with Crippen molar-refractivity contribution in [2.75, 3.05) is 0 Å². The largest absolute Gasteiger partial charge is 0.493 e. The average Bonchev–Trinajstić information content (AvgIpc) is 2.74. The Balaban J connectivity index is 2.15. The summed E-state index contributed by atoms with van der Waals surface area (Å²) in [5.41, 5.74) is -2.35. The first-order valence-corrected chi connectivity index (χ1v) is 9.49. The Morgan fingerprint density at radius 3 is 2.42 bits per heavy atom. The Labute approximate surface area is 175 Å². The second-order valence-corrected chi connectivity index (χ2v) is 7.14. The molecule has 12 heteroatoms. The SMILES string of the molecule is Cc1c(C#N)c(O)n(C2CCCCC2)c(=O)c1N=Nc1ccc([N+](=O)[O-])cc1[N+](=O)[O-]. The van der Waals surface area contributed by atoms with Crippen molar-refractivity contribution >= 4 is 22.7 Å². The molecule has 0 radical (unpaired) electrons. The quantitative estimate of drug-likeness (QED) is 0.416. The molecule has 1 aliphatic carbocycles. The number of hydrogen-bond acceptors (Lipinski definition) is 9. The maximum Gasteiger partial charge on any atom is 0.303 e. The molecule has 0 aliphatic heterocycles. The lowest BCUT2D eigenvalue weighted by molar-refractivity contribution is -0.393. The molecule has 1 aromatic heterocycles. The van der Waals surface area contributed by atoms with Gasteiger partial charge in [-0.2, -0.15) is 5.26 Å². The summed E-state index contributed by atoms with van der Waals surface area (Å²) in [6.45, 7) is 1.42. The lowest BCUT2D eigenvalue weighted by atomic mass is 9.94. The van der Waals surface area contributed by atoms with E-state index in [0.717, 1.165) is 42.0 Å². The number of azo groups is 1.